The highest BCUT2D eigenvalue weighted by Crippen LogP contribution is 2.29. The van der Waals surface area contributed by atoms with Gasteiger partial charge in [-0.25, -0.2) is 13.2 Å². The van der Waals surface area contributed by atoms with Gasteiger partial charge in [0.15, 0.2) is 17.5 Å². The van der Waals surface area contributed by atoms with Crippen LogP contribution in [0, 0.1) is 17.5 Å². The maximum absolute atomic E-state index is 13.5. The SMILES string of the molecule is N/C(=C\NC1C(O)C(CO)OC(SCCc2ccccc2)C1O)c1cc(F)c(F)c(F)c1. The third-order valence-electron chi connectivity index (χ3n) is 5.15. The fourth-order valence-corrected chi connectivity index (χ4v) is 4.52. The van der Waals surface area contributed by atoms with E-state index in [0.717, 1.165) is 30.3 Å². The van der Waals surface area contributed by atoms with Gasteiger partial charge in [-0.2, -0.15) is 0 Å². The summed E-state index contributed by atoms with van der Waals surface area (Å²) in [5, 5.41) is 33.5. The maximum Gasteiger partial charge on any atom is 0.194 e. The monoisotopic (exact) mass is 470 g/mol. The number of rotatable bonds is 8. The van der Waals surface area contributed by atoms with E-state index in [1.807, 2.05) is 30.3 Å². The van der Waals surface area contributed by atoms with Gasteiger partial charge in [-0.05, 0) is 29.9 Å². The van der Waals surface area contributed by atoms with E-state index < -0.39 is 53.8 Å². The molecule has 10 heteroatoms. The lowest BCUT2D eigenvalue weighted by Crippen LogP contribution is -2.62. The highest BCUT2D eigenvalue weighted by molar-refractivity contribution is 7.99. The fourth-order valence-electron chi connectivity index (χ4n) is 3.35. The second-order valence-corrected chi connectivity index (χ2v) is 8.57. The summed E-state index contributed by atoms with van der Waals surface area (Å²) >= 11 is 1.33. The van der Waals surface area contributed by atoms with E-state index in [0.29, 0.717) is 5.75 Å². The summed E-state index contributed by atoms with van der Waals surface area (Å²) in [6.45, 7) is -0.477. The topological polar surface area (TPSA) is 108 Å². The lowest BCUT2D eigenvalue weighted by Gasteiger charge is -2.42. The van der Waals surface area contributed by atoms with Crippen molar-refractivity contribution in [3.05, 3.63) is 77.2 Å². The van der Waals surface area contributed by atoms with Gasteiger partial charge < -0.3 is 31.1 Å². The fraction of sp³-hybridized carbons (Fsp3) is 0.364. The van der Waals surface area contributed by atoms with Crippen LogP contribution in [-0.4, -0.2) is 57.5 Å². The average Bonchev–Trinajstić information content (AvgIpc) is 2.79. The van der Waals surface area contributed by atoms with Crippen LogP contribution in [0.4, 0.5) is 13.2 Å². The van der Waals surface area contributed by atoms with Crippen LogP contribution in [-0.2, 0) is 11.2 Å². The maximum atomic E-state index is 13.5. The van der Waals surface area contributed by atoms with E-state index in [1.165, 1.54) is 11.8 Å². The second kappa shape index (κ2) is 11.1. The summed E-state index contributed by atoms with van der Waals surface area (Å²) in [5.74, 6) is -3.76. The molecule has 0 saturated carbocycles. The van der Waals surface area contributed by atoms with Crippen molar-refractivity contribution in [1.82, 2.24) is 5.32 Å². The lowest BCUT2D eigenvalue weighted by atomic mass is 9.97. The van der Waals surface area contributed by atoms with Gasteiger partial charge in [-0.15, -0.1) is 11.8 Å². The van der Waals surface area contributed by atoms with Crippen molar-refractivity contribution in [2.24, 2.45) is 5.73 Å². The van der Waals surface area contributed by atoms with Crippen LogP contribution in [0.1, 0.15) is 11.1 Å². The molecule has 32 heavy (non-hydrogen) atoms. The Morgan fingerprint density at radius 3 is 2.38 bits per heavy atom. The zero-order valence-corrected chi connectivity index (χ0v) is 17.8. The normalized spacial score (nSPS) is 26.2. The summed E-state index contributed by atoms with van der Waals surface area (Å²) in [4.78, 5) is 0. The third kappa shape index (κ3) is 5.76. The molecule has 6 N–H and O–H groups in total. The first-order chi connectivity index (χ1) is 15.3. The zero-order chi connectivity index (χ0) is 23.3. The smallest absolute Gasteiger partial charge is 0.194 e. The second-order valence-electron chi connectivity index (χ2n) is 7.36. The van der Waals surface area contributed by atoms with Gasteiger partial charge in [-0.3, -0.25) is 0 Å². The molecule has 1 aliphatic rings. The van der Waals surface area contributed by atoms with E-state index >= 15 is 0 Å². The van der Waals surface area contributed by atoms with Gasteiger partial charge >= 0.3 is 0 Å². The van der Waals surface area contributed by atoms with Crippen molar-refractivity contribution in [2.75, 3.05) is 12.4 Å². The van der Waals surface area contributed by atoms with E-state index in [4.69, 9.17) is 10.5 Å². The molecule has 0 radical (unpaired) electrons. The average molecular weight is 471 g/mol. The van der Waals surface area contributed by atoms with E-state index in [1.54, 1.807) is 0 Å². The predicted molar refractivity (Wildman–Crippen MR) is 116 cm³/mol. The zero-order valence-electron chi connectivity index (χ0n) is 17.0. The van der Waals surface area contributed by atoms with Crippen molar-refractivity contribution in [2.45, 2.75) is 36.2 Å². The van der Waals surface area contributed by atoms with Crippen LogP contribution in [0.3, 0.4) is 0 Å². The highest BCUT2D eigenvalue weighted by atomic mass is 32.2. The van der Waals surface area contributed by atoms with Gasteiger partial charge in [0.05, 0.1) is 18.3 Å². The number of aryl methyl sites for hydroxylation is 1. The molecule has 2 aromatic carbocycles. The molecule has 1 aliphatic heterocycles. The minimum atomic E-state index is -1.61. The Bertz CT molecular complexity index is 912. The van der Waals surface area contributed by atoms with Gasteiger partial charge in [0.25, 0.3) is 0 Å². The van der Waals surface area contributed by atoms with Crippen LogP contribution < -0.4 is 11.1 Å². The molecule has 6 nitrogen and oxygen atoms in total. The number of aliphatic hydroxyl groups excluding tert-OH is 3. The molecular weight excluding hydrogens is 445 g/mol. The Balaban J connectivity index is 1.68. The Kier molecular flexibility index (Phi) is 8.44. The van der Waals surface area contributed by atoms with Crippen molar-refractivity contribution < 1.29 is 33.2 Å². The molecule has 174 valence electrons. The minimum Gasteiger partial charge on any atom is -0.397 e. The number of nitrogens with one attached hydrogen (secondary N) is 1. The summed E-state index contributed by atoms with van der Waals surface area (Å²) in [6, 6.07) is 10.2. The third-order valence-corrected chi connectivity index (χ3v) is 6.31. The van der Waals surface area contributed by atoms with Crippen molar-refractivity contribution >= 4 is 17.5 Å². The number of thioether (sulfide) groups is 1. The number of nitrogens with two attached hydrogens (primary N) is 1. The molecule has 0 spiro atoms. The Morgan fingerprint density at radius 1 is 1.09 bits per heavy atom. The van der Waals surface area contributed by atoms with Gasteiger partial charge in [0, 0.05) is 11.8 Å². The van der Waals surface area contributed by atoms with Crippen LogP contribution in [0.5, 0.6) is 0 Å². The number of aliphatic hydroxyl groups is 3. The molecular formula is C22H25F3N2O4S. The molecule has 5 unspecified atom stereocenters. The highest BCUT2D eigenvalue weighted by Gasteiger charge is 2.44. The van der Waals surface area contributed by atoms with Crippen molar-refractivity contribution in [1.29, 1.82) is 0 Å². The number of halogens is 3. The minimum absolute atomic E-state index is 0.113. The Hall–Kier alpha value is -2.24. The molecule has 0 aliphatic carbocycles. The molecule has 2 aromatic rings. The molecule has 0 aromatic heterocycles. The molecule has 0 bridgehead atoms. The predicted octanol–water partition coefficient (Wildman–Crippen LogP) is 1.73. The van der Waals surface area contributed by atoms with E-state index in [2.05, 4.69) is 5.32 Å². The van der Waals surface area contributed by atoms with Gasteiger partial charge in [-0.1, -0.05) is 30.3 Å². The van der Waals surface area contributed by atoms with Gasteiger partial charge in [0.1, 0.15) is 23.7 Å². The van der Waals surface area contributed by atoms with Crippen LogP contribution >= 0.6 is 11.8 Å². The molecule has 1 fully saturated rings. The summed E-state index contributed by atoms with van der Waals surface area (Å²) in [6.07, 6.45) is -1.53. The number of benzene rings is 2. The molecule has 1 heterocycles. The first kappa shape index (κ1) is 24.4. The molecule has 0 amide bonds. The number of ether oxygens (including phenoxy) is 1. The van der Waals surface area contributed by atoms with Crippen LogP contribution in [0.2, 0.25) is 0 Å². The summed E-state index contributed by atoms with van der Waals surface area (Å²) in [5.41, 5.74) is 5.96. The largest absolute Gasteiger partial charge is 0.397 e. The first-order valence-electron chi connectivity index (χ1n) is 9.96. The van der Waals surface area contributed by atoms with Crippen LogP contribution in [0.15, 0.2) is 48.7 Å². The summed E-state index contributed by atoms with van der Waals surface area (Å²) < 4.78 is 45.7. The van der Waals surface area contributed by atoms with Crippen molar-refractivity contribution in [3.63, 3.8) is 0 Å². The Morgan fingerprint density at radius 2 is 1.75 bits per heavy atom. The number of hydrogen-bond donors (Lipinski definition) is 5. The van der Waals surface area contributed by atoms with E-state index in [9.17, 15) is 28.5 Å². The standard InChI is InChI=1S/C22H25F3N2O4S/c23-14-8-13(9-15(24)18(14)25)16(26)10-27-19-20(29)17(11-28)31-22(21(19)30)32-7-6-12-4-2-1-3-5-12/h1-5,8-10,17,19-22,27-30H,6-7,11,26H2/b16-10-. The van der Waals surface area contributed by atoms with Gasteiger partial charge in [0.2, 0.25) is 0 Å². The Labute approximate surface area is 187 Å². The number of hydrogen-bond acceptors (Lipinski definition) is 7. The lowest BCUT2D eigenvalue weighted by molar-refractivity contribution is -0.164. The quantitative estimate of drug-likeness (QED) is 0.374. The first-order valence-corrected chi connectivity index (χ1v) is 11.0. The summed E-state index contributed by atoms with van der Waals surface area (Å²) in [7, 11) is 0. The van der Waals surface area contributed by atoms with Crippen LogP contribution in [0.25, 0.3) is 5.70 Å². The molecule has 3 rings (SSSR count). The molecule has 5 atom stereocenters. The van der Waals surface area contributed by atoms with E-state index in [-0.39, 0.29) is 11.3 Å². The molecule has 1 saturated heterocycles. The van der Waals surface area contributed by atoms with Crippen molar-refractivity contribution in [3.8, 4) is 0 Å².